The molecule has 2 heterocycles. The summed E-state index contributed by atoms with van der Waals surface area (Å²) in [5.74, 6) is -0.00764. The highest BCUT2D eigenvalue weighted by Gasteiger charge is 2.24. The molecule has 2 N–H and O–H groups in total. The number of halogens is 2. The Balaban J connectivity index is 0.00000162. The van der Waals surface area contributed by atoms with Gasteiger partial charge in [-0.2, -0.15) is 0 Å². The van der Waals surface area contributed by atoms with E-state index >= 15 is 0 Å². The Bertz CT molecular complexity index is 359. The van der Waals surface area contributed by atoms with Gasteiger partial charge in [-0.25, -0.2) is 4.98 Å². The molecule has 19 heavy (non-hydrogen) atoms. The molecule has 110 valence electrons. The summed E-state index contributed by atoms with van der Waals surface area (Å²) in [5.41, 5.74) is 0. The van der Waals surface area contributed by atoms with E-state index in [-0.39, 0.29) is 42.8 Å². The monoisotopic (exact) mass is 327 g/mol. The fraction of sp³-hybridized carbons (Fsp3) is 0.636. The van der Waals surface area contributed by atoms with Gasteiger partial charge in [-0.05, 0) is 6.42 Å². The van der Waals surface area contributed by atoms with Crippen molar-refractivity contribution in [2.45, 2.75) is 25.4 Å². The maximum Gasteiger partial charge on any atom is 0.240 e. The lowest BCUT2D eigenvalue weighted by molar-refractivity contribution is -0.126. The van der Waals surface area contributed by atoms with Crippen molar-refractivity contribution in [3.05, 3.63) is 16.6 Å². The van der Waals surface area contributed by atoms with Crippen LogP contribution in [0, 0.1) is 0 Å². The molecule has 1 aromatic heterocycles. The highest BCUT2D eigenvalue weighted by molar-refractivity contribution is 7.09. The van der Waals surface area contributed by atoms with Crippen LogP contribution in [0.2, 0.25) is 0 Å². The first-order chi connectivity index (χ1) is 8.31. The number of carbonyl (C=O) groups is 1. The Labute approximate surface area is 129 Å². The molecule has 1 aliphatic rings. The first kappa shape index (κ1) is 18.6. The van der Waals surface area contributed by atoms with Crippen LogP contribution in [0.3, 0.4) is 0 Å². The van der Waals surface area contributed by atoms with Gasteiger partial charge in [0.25, 0.3) is 0 Å². The van der Waals surface area contributed by atoms with Crippen molar-refractivity contribution < 1.29 is 9.53 Å². The number of hydrogen-bond donors (Lipinski definition) is 2. The smallest absolute Gasteiger partial charge is 0.240 e. The predicted molar refractivity (Wildman–Crippen MR) is 80.4 cm³/mol. The van der Waals surface area contributed by atoms with Crippen molar-refractivity contribution in [3.63, 3.8) is 0 Å². The van der Waals surface area contributed by atoms with Crippen molar-refractivity contribution >= 4 is 42.1 Å². The minimum Gasteiger partial charge on any atom is -0.378 e. The van der Waals surface area contributed by atoms with Gasteiger partial charge in [0.1, 0.15) is 11.0 Å². The maximum atomic E-state index is 12.0. The van der Waals surface area contributed by atoms with Gasteiger partial charge >= 0.3 is 0 Å². The normalized spacial score (nSPS) is 19.7. The molecule has 1 amide bonds. The number of thiazole rings is 1. The number of ether oxygens (including phenoxy) is 1. The number of rotatable bonds is 4. The molecule has 8 heteroatoms. The number of nitrogens with zero attached hydrogens (tertiary/aromatic N) is 1. The zero-order chi connectivity index (χ0) is 12.1. The van der Waals surface area contributed by atoms with E-state index < -0.39 is 0 Å². The van der Waals surface area contributed by atoms with E-state index in [1.165, 1.54) is 0 Å². The Kier molecular flexibility index (Phi) is 9.30. The maximum absolute atomic E-state index is 12.0. The second kappa shape index (κ2) is 9.50. The minimum atomic E-state index is -0.238. The van der Waals surface area contributed by atoms with Gasteiger partial charge in [0.2, 0.25) is 5.91 Å². The molecule has 1 aliphatic heterocycles. The van der Waals surface area contributed by atoms with Gasteiger partial charge in [-0.3, -0.25) is 4.79 Å². The molecule has 0 saturated carbocycles. The van der Waals surface area contributed by atoms with Crippen LogP contribution in [0.4, 0.5) is 0 Å². The second-order valence-electron chi connectivity index (χ2n) is 3.92. The molecular formula is C11H19Cl2N3O2S. The summed E-state index contributed by atoms with van der Waals surface area (Å²) < 4.78 is 5.27. The highest BCUT2D eigenvalue weighted by Crippen LogP contribution is 2.18. The number of hydrogen-bond acceptors (Lipinski definition) is 5. The van der Waals surface area contributed by atoms with Gasteiger partial charge in [0.05, 0.1) is 19.3 Å². The summed E-state index contributed by atoms with van der Waals surface area (Å²) in [6.45, 7) is 3.89. The number of morpholine rings is 1. The molecular weight excluding hydrogens is 309 g/mol. The quantitative estimate of drug-likeness (QED) is 0.880. The average Bonchev–Trinajstić information content (AvgIpc) is 2.90. The van der Waals surface area contributed by atoms with E-state index in [4.69, 9.17) is 4.74 Å². The van der Waals surface area contributed by atoms with Crippen LogP contribution < -0.4 is 10.6 Å². The Morgan fingerprint density at radius 3 is 3.00 bits per heavy atom. The summed E-state index contributed by atoms with van der Waals surface area (Å²) in [6.07, 6.45) is 2.60. The van der Waals surface area contributed by atoms with Crippen LogP contribution in [-0.2, 0) is 9.53 Å². The SMILES string of the molecule is CCC(NC(=O)C1COCCN1)c1nccs1.Cl.Cl. The van der Waals surface area contributed by atoms with Crippen LogP contribution in [0.1, 0.15) is 24.4 Å². The third kappa shape index (κ3) is 5.24. The molecule has 2 atom stereocenters. The van der Waals surface area contributed by atoms with Crippen LogP contribution in [0.25, 0.3) is 0 Å². The van der Waals surface area contributed by atoms with Crippen LogP contribution in [-0.4, -0.2) is 36.7 Å². The standard InChI is InChI=1S/C11H17N3O2S.2ClH/c1-2-8(11-13-4-6-17-11)14-10(15)9-7-16-5-3-12-9;;/h4,6,8-9,12H,2-3,5,7H2,1H3,(H,14,15);2*1H. The largest absolute Gasteiger partial charge is 0.378 e. The summed E-state index contributed by atoms with van der Waals surface area (Å²) in [4.78, 5) is 16.2. The van der Waals surface area contributed by atoms with Crippen molar-refractivity contribution in [1.29, 1.82) is 0 Å². The van der Waals surface area contributed by atoms with E-state index in [0.717, 1.165) is 18.0 Å². The fourth-order valence-corrected chi connectivity index (χ4v) is 2.52. The number of nitrogens with one attached hydrogen (secondary N) is 2. The fourth-order valence-electron chi connectivity index (χ4n) is 1.75. The van der Waals surface area contributed by atoms with Gasteiger partial charge in [0, 0.05) is 18.1 Å². The topological polar surface area (TPSA) is 63.2 Å². The van der Waals surface area contributed by atoms with Crippen molar-refractivity contribution in [2.75, 3.05) is 19.8 Å². The van der Waals surface area contributed by atoms with Gasteiger partial charge in [-0.1, -0.05) is 6.92 Å². The first-order valence-corrected chi connectivity index (χ1v) is 6.70. The third-order valence-corrected chi connectivity index (χ3v) is 3.60. The zero-order valence-electron chi connectivity index (χ0n) is 10.6. The lowest BCUT2D eigenvalue weighted by atomic mass is 10.2. The molecule has 1 aromatic rings. The number of aromatic nitrogens is 1. The van der Waals surface area contributed by atoms with Gasteiger partial charge in [0.15, 0.2) is 0 Å². The van der Waals surface area contributed by atoms with E-state index in [1.807, 2.05) is 12.3 Å². The molecule has 0 radical (unpaired) electrons. The van der Waals surface area contributed by atoms with E-state index in [0.29, 0.717) is 13.2 Å². The third-order valence-electron chi connectivity index (χ3n) is 2.71. The Hall–Kier alpha value is -0.400. The molecule has 2 unspecified atom stereocenters. The van der Waals surface area contributed by atoms with Crippen LogP contribution >= 0.6 is 36.2 Å². The highest BCUT2D eigenvalue weighted by atomic mass is 35.5. The van der Waals surface area contributed by atoms with E-state index in [9.17, 15) is 4.79 Å². The molecule has 1 saturated heterocycles. The van der Waals surface area contributed by atoms with Crippen LogP contribution in [0.5, 0.6) is 0 Å². The molecule has 0 aliphatic carbocycles. The Morgan fingerprint density at radius 2 is 2.47 bits per heavy atom. The summed E-state index contributed by atoms with van der Waals surface area (Å²) in [7, 11) is 0. The molecule has 0 aromatic carbocycles. The predicted octanol–water partition coefficient (Wildman–Crippen LogP) is 1.54. The van der Waals surface area contributed by atoms with Gasteiger partial charge in [-0.15, -0.1) is 36.2 Å². The molecule has 0 bridgehead atoms. The van der Waals surface area contributed by atoms with Crippen molar-refractivity contribution in [2.24, 2.45) is 0 Å². The Morgan fingerprint density at radius 1 is 1.68 bits per heavy atom. The van der Waals surface area contributed by atoms with Crippen molar-refractivity contribution in [1.82, 2.24) is 15.6 Å². The molecule has 1 fully saturated rings. The first-order valence-electron chi connectivity index (χ1n) is 5.82. The average molecular weight is 328 g/mol. The number of amides is 1. The molecule has 2 rings (SSSR count). The van der Waals surface area contributed by atoms with Crippen molar-refractivity contribution in [3.8, 4) is 0 Å². The zero-order valence-corrected chi connectivity index (χ0v) is 13.1. The lowest BCUT2D eigenvalue weighted by Crippen LogP contribution is -2.51. The summed E-state index contributed by atoms with van der Waals surface area (Å²) >= 11 is 1.57. The second-order valence-corrected chi connectivity index (χ2v) is 4.85. The van der Waals surface area contributed by atoms with Gasteiger partial charge < -0.3 is 15.4 Å². The van der Waals surface area contributed by atoms with Crippen LogP contribution in [0.15, 0.2) is 11.6 Å². The van der Waals surface area contributed by atoms with E-state index in [1.54, 1.807) is 17.5 Å². The lowest BCUT2D eigenvalue weighted by Gasteiger charge is -2.25. The molecule has 0 spiro atoms. The summed E-state index contributed by atoms with van der Waals surface area (Å²) in [5, 5.41) is 9.02. The minimum absolute atomic E-state index is 0. The number of carbonyl (C=O) groups excluding carboxylic acids is 1. The summed E-state index contributed by atoms with van der Waals surface area (Å²) in [6, 6.07) is -0.232. The van der Waals surface area contributed by atoms with E-state index in [2.05, 4.69) is 15.6 Å². The molecule has 5 nitrogen and oxygen atoms in total.